The summed E-state index contributed by atoms with van der Waals surface area (Å²) in [5, 5.41) is 14.5. The first kappa shape index (κ1) is 33.0. The molecule has 4 heterocycles. The van der Waals surface area contributed by atoms with E-state index in [0.717, 1.165) is 66.9 Å². The van der Waals surface area contributed by atoms with Crippen LogP contribution in [0.4, 0.5) is 13.2 Å². The lowest BCUT2D eigenvalue weighted by molar-refractivity contribution is -0.137. The molecule has 10 rings (SSSR count). The van der Waals surface area contributed by atoms with Crippen molar-refractivity contribution in [2.75, 3.05) is 0 Å². The van der Waals surface area contributed by atoms with Gasteiger partial charge >= 0.3 is 6.18 Å². The SMILES string of the molecule is N#Cc1cc(-n2c3ccccc3c3cc(-c4ncccn4)ccc32)c(-n2c3ccccc3c3cc(-c4ncccn4)ccc32)cc1-c1cccc(C(F)(F)F)c1. The second kappa shape index (κ2) is 12.7. The molecule has 6 aromatic carbocycles. The molecule has 0 radical (unpaired) electrons. The Labute approximate surface area is 317 Å². The Bertz CT molecular complexity index is 3200. The minimum Gasteiger partial charge on any atom is -0.307 e. The summed E-state index contributed by atoms with van der Waals surface area (Å²) in [7, 11) is 0. The van der Waals surface area contributed by atoms with Crippen LogP contribution in [0.25, 0.3) is 88.9 Å². The van der Waals surface area contributed by atoms with E-state index >= 15 is 0 Å². The van der Waals surface area contributed by atoms with Crippen LogP contribution < -0.4 is 0 Å². The number of alkyl halides is 3. The van der Waals surface area contributed by atoms with Crippen molar-refractivity contribution in [3.05, 3.63) is 169 Å². The summed E-state index contributed by atoms with van der Waals surface area (Å²) in [6.45, 7) is 0. The van der Waals surface area contributed by atoms with Gasteiger partial charge in [-0.25, -0.2) is 19.9 Å². The van der Waals surface area contributed by atoms with Crippen LogP contribution >= 0.6 is 0 Å². The summed E-state index contributed by atoms with van der Waals surface area (Å²) < 4.78 is 46.5. The van der Waals surface area contributed by atoms with E-state index in [4.69, 9.17) is 0 Å². The maximum Gasteiger partial charge on any atom is 0.416 e. The molecule has 0 spiro atoms. The zero-order valence-electron chi connectivity index (χ0n) is 29.3. The van der Waals surface area contributed by atoms with E-state index in [0.29, 0.717) is 28.6 Å². The maximum absolute atomic E-state index is 14.1. The average molecular weight is 734 g/mol. The first-order valence-electron chi connectivity index (χ1n) is 17.7. The van der Waals surface area contributed by atoms with Crippen molar-refractivity contribution in [1.82, 2.24) is 29.1 Å². The van der Waals surface area contributed by atoms with E-state index in [1.54, 1.807) is 49.1 Å². The van der Waals surface area contributed by atoms with Crippen molar-refractivity contribution in [3.8, 4) is 51.3 Å². The number of nitrogens with zero attached hydrogens (tertiary/aromatic N) is 7. The quantitative estimate of drug-likeness (QED) is 0.176. The molecule has 0 bridgehead atoms. The lowest BCUT2D eigenvalue weighted by atomic mass is 9.96. The van der Waals surface area contributed by atoms with Crippen LogP contribution in [0, 0.1) is 11.3 Å². The van der Waals surface area contributed by atoms with Crippen LogP contribution in [-0.4, -0.2) is 29.1 Å². The van der Waals surface area contributed by atoms with Gasteiger partial charge in [0.2, 0.25) is 0 Å². The molecular formula is C46H26F3N7. The van der Waals surface area contributed by atoms with Crippen molar-refractivity contribution in [2.45, 2.75) is 6.18 Å². The van der Waals surface area contributed by atoms with Gasteiger partial charge in [0.15, 0.2) is 11.6 Å². The maximum atomic E-state index is 14.1. The van der Waals surface area contributed by atoms with Gasteiger partial charge in [0, 0.05) is 63.0 Å². The number of nitriles is 1. The third-order valence-corrected chi connectivity index (χ3v) is 10.2. The van der Waals surface area contributed by atoms with Crippen molar-refractivity contribution in [3.63, 3.8) is 0 Å². The van der Waals surface area contributed by atoms with Crippen LogP contribution in [0.1, 0.15) is 11.1 Å². The first-order chi connectivity index (χ1) is 27.4. The highest BCUT2D eigenvalue weighted by Crippen LogP contribution is 2.42. The Morgan fingerprint density at radius 1 is 0.464 bits per heavy atom. The minimum absolute atomic E-state index is 0.229. The topological polar surface area (TPSA) is 85.2 Å². The highest BCUT2D eigenvalue weighted by molar-refractivity contribution is 6.13. The van der Waals surface area contributed by atoms with Crippen LogP contribution in [0.15, 0.2) is 158 Å². The lowest BCUT2D eigenvalue weighted by Crippen LogP contribution is -2.06. The molecule has 0 aliphatic carbocycles. The van der Waals surface area contributed by atoms with E-state index < -0.39 is 11.7 Å². The normalized spacial score (nSPS) is 11.8. The second-order valence-electron chi connectivity index (χ2n) is 13.4. The number of hydrogen-bond donors (Lipinski definition) is 0. The molecule has 266 valence electrons. The summed E-state index contributed by atoms with van der Waals surface area (Å²) >= 11 is 0. The number of fused-ring (bicyclic) bond motifs is 6. The van der Waals surface area contributed by atoms with Crippen molar-refractivity contribution < 1.29 is 13.2 Å². The molecule has 0 aliphatic heterocycles. The molecule has 7 nitrogen and oxygen atoms in total. The van der Waals surface area contributed by atoms with Gasteiger partial charge in [0.1, 0.15) is 0 Å². The molecule has 0 N–H and O–H groups in total. The molecule has 10 heteroatoms. The van der Waals surface area contributed by atoms with Crippen molar-refractivity contribution in [2.24, 2.45) is 0 Å². The first-order valence-corrected chi connectivity index (χ1v) is 17.7. The fourth-order valence-corrected chi connectivity index (χ4v) is 7.77. The number of hydrogen-bond acceptors (Lipinski definition) is 5. The van der Waals surface area contributed by atoms with Gasteiger partial charge in [0.25, 0.3) is 0 Å². The molecule has 0 atom stereocenters. The fraction of sp³-hybridized carbons (Fsp3) is 0.0217. The molecule has 0 amide bonds. The number of benzene rings is 6. The van der Waals surface area contributed by atoms with Gasteiger partial charge in [-0.1, -0.05) is 48.5 Å². The fourth-order valence-electron chi connectivity index (χ4n) is 7.77. The third-order valence-electron chi connectivity index (χ3n) is 10.2. The summed E-state index contributed by atoms with van der Waals surface area (Å²) in [4.78, 5) is 17.9. The van der Waals surface area contributed by atoms with Crippen LogP contribution in [0.5, 0.6) is 0 Å². The largest absolute Gasteiger partial charge is 0.416 e. The Balaban J connectivity index is 1.32. The zero-order valence-corrected chi connectivity index (χ0v) is 29.3. The lowest BCUT2D eigenvalue weighted by Gasteiger charge is -2.20. The van der Waals surface area contributed by atoms with Gasteiger partial charge in [-0.15, -0.1) is 0 Å². The summed E-state index contributed by atoms with van der Waals surface area (Å²) in [6, 6.07) is 42.8. The third kappa shape index (κ3) is 5.28. The molecular weight excluding hydrogens is 708 g/mol. The van der Waals surface area contributed by atoms with Crippen LogP contribution in [0.2, 0.25) is 0 Å². The summed E-state index contributed by atoms with van der Waals surface area (Å²) in [6.07, 6.45) is 2.26. The Hall–Kier alpha value is -7.64. The molecule has 10 aromatic rings. The molecule has 0 saturated heterocycles. The number of aromatic nitrogens is 6. The molecule has 4 aromatic heterocycles. The van der Waals surface area contributed by atoms with E-state index in [1.165, 1.54) is 6.07 Å². The number of halogens is 3. The van der Waals surface area contributed by atoms with Gasteiger partial charge in [-0.2, -0.15) is 18.4 Å². The monoisotopic (exact) mass is 733 g/mol. The van der Waals surface area contributed by atoms with E-state index in [-0.39, 0.29) is 11.1 Å². The number of rotatable bonds is 5. The summed E-state index contributed by atoms with van der Waals surface area (Å²) in [5.41, 5.74) is 6.60. The highest BCUT2D eigenvalue weighted by Gasteiger charge is 2.31. The van der Waals surface area contributed by atoms with Gasteiger partial charge in [-0.3, -0.25) is 0 Å². The molecule has 0 aliphatic rings. The Morgan fingerprint density at radius 2 is 0.964 bits per heavy atom. The van der Waals surface area contributed by atoms with Gasteiger partial charge < -0.3 is 9.13 Å². The standard InChI is InChI=1S/C46H26F3N7/c47-46(48,49)32-9-5-8-28(22-32)35-26-43(56-39-13-4-2-11-34(39)37-24-30(15-17-41(37)56)45-53-20-7-21-54-45)42(25-31(35)27-50)55-38-12-3-1-10-33(38)36-23-29(14-16-40(36)55)44-51-18-6-19-52-44/h1-26H. The highest BCUT2D eigenvalue weighted by atomic mass is 19.4. The van der Waals surface area contributed by atoms with E-state index in [1.807, 2.05) is 66.7 Å². The molecule has 0 fully saturated rings. The Morgan fingerprint density at radius 3 is 1.48 bits per heavy atom. The minimum atomic E-state index is -4.56. The van der Waals surface area contributed by atoms with Crippen molar-refractivity contribution >= 4 is 43.6 Å². The Kier molecular flexibility index (Phi) is 7.50. The van der Waals surface area contributed by atoms with E-state index in [9.17, 15) is 18.4 Å². The predicted molar refractivity (Wildman–Crippen MR) is 212 cm³/mol. The van der Waals surface area contributed by atoms with Gasteiger partial charge in [-0.05, 0) is 90.5 Å². The average Bonchev–Trinajstić information content (AvgIpc) is 3.75. The number of para-hydroxylation sites is 2. The van der Waals surface area contributed by atoms with E-state index in [2.05, 4.69) is 59.4 Å². The molecule has 0 saturated carbocycles. The van der Waals surface area contributed by atoms with Gasteiger partial charge in [0.05, 0.1) is 50.6 Å². The zero-order chi connectivity index (χ0) is 38.0. The van der Waals surface area contributed by atoms with Crippen LogP contribution in [0.3, 0.4) is 0 Å². The second-order valence-corrected chi connectivity index (χ2v) is 13.4. The summed E-state index contributed by atoms with van der Waals surface area (Å²) in [5.74, 6) is 1.18. The molecule has 0 unspecified atom stereocenters. The predicted octanol–water partition coefficient (Wildman–Crippen LogP) is 11.4. The molecule has 56 heavy (non-hydrogen) atoms. The smallest absolute Gasteiger partial charge is 0.307 e. The van der Waals surface area contributed by atoms with Crippen LogP contribution in [-0.2, 0) is 6.18 Å². The van der Waals surface area contributed by atoms with Crippen molar-refractivity contribution in [1.29, 1.82) is 5.26 Å².